The van der Waals surface area contributed by atoms with E-state index in [2.05, 4.69) is 16.8 Å². The van der Waals surface area contributed by atoms with E-state index < -0.39 is 5.97 Å². The van der Waals surface area contributed by atoms with Crippen molar-refractivity contribution < 1.29 is 9.90 Å². The van der Waals surface area contributed by atoms with Gasteiger partial charge in [0.15, 0.2) is 0 Å². The van der Waals surface area contributed by atoms with E-state index >= 15 is 0 Å². The van der Waals surface area contributed by atoms with E-state index in [0.29, 0.717) is 12.5 Å². The van der Waals surface area contributed by atoms with Crippen molar-refractivity contribution in [3.63, 3.8) is 0 Å². The van der Waals surface area contributed by atoms with Crippen molar-refractivity contribution in [3.05, 3.63) is 21.9 Å². The molecule has 2 rings (SSSR count). The van der Waals surface area contributed by atoms with Crippen LogP contribution >= 0.6 is 11.3 Å². The first-order valence-corrected chi connectivity index (χ1v) is 7.67. The number of thiophene rings is 1. The Labute approximate surface area is 112 Å². The molecule has 0 radical (unpaired) electrons. The molecule has 0 saturated carbocycles. The Morgan fingerprint density at radius 2 is 2.33 bits per heavy atom. The Morgan fingerprint density at radius 3 is 3.17 bits per heavy atom. The number of nitrogens with one attached hydrogen (secondary N) is 1. The first-order chi connectivity index (χ1) is 8.77. The maximum atomic E-state index is 10.4. The van der Waals surface area contributed by atoms with Gasteiger partial charge in [0.25, 0.3) is 0 Å². The fraction of sp³-hybridized carbons (Fsp3) is 0.643. The van der Waals surface area contributed by atoms with Gasteiger partial charge in [-0.3, -0.25) is 4.79 Å². The average Bonchev–Trinajstić information content (AvgIpc) is 2.82. The Balaban J connectivity index is 1.65. The van der Waals surface area contributed by atoms with Crippen molar-refractivity contribution in [1.29, 1.82) is 0 Å². The quantitative estimate of drug-likeness (QED) is 0.745. The average molecular weight is 267 g/mol. The summed E-state index contributed by atoms with van der Waals surface area (Å²) in [4.78, 5) is 11.9. The largest absolute Gasteiger partial charge is 0.481 e. The molecule has 0 aromatic carbocycles. The lowest BCUT2D eigenvalue weighted by molar-refractivity contribution is -0.137. The van der Waals surface area contributed by atoms with Crippen LogP contribution in [0.3, 0.4) is 0 Å². The second-order valence-electron chi connectivity index (χ2n) is 4.90. The van der Waals surface area contributed by atoms with Gasteiger partial charge >= 0.3 is 5.97 Å². The van der Waals surface area contributed by atoms with Gasteiger partial charge in [0.1, 0.15) is 0 Å². The number of unbranched alkanes of at least 4 members (excludes halogenated alkanes) is 2. The fourth-order valence-electron chi connectivity index (χ4n) is 2.55. The summed E-state index contributed by atoms with van der Waals surface area (Å²) in [5.41, 5.74) is 1.50. The van der Waals surface area contributed by atoms with Gasteiger partial charge in [-0.15, -0.1) is 11.3 Å². The molecule has 0 amide bonds. The van der Waals surface area contributed by atoms with Gasteiger partial charge in [-0.2, -0.15) is 0 Å². The Morgan fingerprint density at radius 1 is 1.44 bits per heavy atom. The van der Waals surface area contributed by atoms with Crippen LogP contribution in [0.5, 0.6) is 0 Å². The van der Waals surface area contributed by atoms with E-state index in [4.69, 9.17) is 5.11 Å². The first kappa shape index (κ1) is 13.6. The normalized spacial score (nSPS) is 18.6. The summed E-state index contributed by atoms with van der Waals surface area (Å²) >= 11 is 1.87. The van der Waals surface area contributed by atoms with E-state index in [1.165, 1.54) is 24.8 Å². The number of fused-ring (bicyclic) bond motifs is 1. The molecule has 1 atom stereocenters. The number of carboxylic acids is 1. The molecule has 0 bridgehead atoms. The summed E-state index contributed by atoms with van der Waals surface area (Å²) in [5, 5.41) is 14.3. The molecule has 1 heterocycles. The Bertz CT molecular complexity index is 389. The number of hydrogen-bond donors (Lipinski definition) is 2. The van der Waals surface area contributed by atoms with Crippen molar-refractivity contribution in [3.8, 4) is 0 Å². The third kappa shape index (κ3) is 3.82. The zero-order valence-corrected chi connectivity index (χ0v) is 11.5. The molecule has 0 aliphatic heterocycles. The third-order valence-electron chi connectivity index (χ3n) is 3.51. The van der Waals surface area contributed by atoms with Gasteiger partial charge in [0.2, 0.25) is 0 Å². The lowest BCUT2D eigenvalue weighted by atomic mass is 9.94. The lowest BCUT2D eigenvalue weighted by Crippen LogP contribution is -2.25. The smallest absolute Gasteiger partial charge is 0.303 e. The second-order valence-corrected chi connectivity index (χ2v) is 5.90. The molecule has 2 N–H and O–H groups in total. The van der Waals surface area contributed by atoms with Crippen LogP contribution in [0.2, 0.25) is 0 Å². The van der Waals surface area contributed by atoms with Crippen molar-refractivity contribution in [2.45, 2.75) is 51.0 Å². The molecule has 4 heteroatoms. The highest BCUT2D eigenvalue weighted by Gasteiger charge is 2.20. The zero-order valence-electron chi connectivity index (χ0n) is 10.7. The van der Waals surface area contributed by atoms with Gasteiger partial charge in [0, 0.05) is 17.3 Å². The monoisotopic (exact) mass is 267 g/mol. The fourth-order valence-corrected chi connectivity index (χ4v) is 3.54. The van der Waals surface area contributed by atoms with Crippen LogP contribution in [0.15, 0.2) is 11.4 Å². The molecule has 1 unspecified atom stereocenters. The molecule has 0 saturated heterocycles. The number of carbonyl (C=O) groups is 1. The van der Waals surface area contributed by atoms with Crippen LogP contribution in [0.1, 0.15) is 55.0 Å². The second kappa shape index (κ2) is 6.90. The number of aliphatic carboxylic acids is 1. The minimum absolute atomic E-state index is 0.304. The van der Waals surface area contributed by atoms with Crippen molar-refractivity contribution in [1.82, 2.24) is 5.32 Å². The predicted molar refractivity (Wildman–Crippen MR) is 74.1 cm³/mol. The van der Waals surface area contributed by atoms with E-state index in [-0.39, 0.29) is 0 Å². The van der Waals surface area contributed by atoms with Gasteiger partial charge in [-0.05, 0) is 55.7 Å². The van der Waals surface area contributed by atoms with Gasteiger partial charge in [-0.1, -0.05) is 6.42 Å². The van der Waals surface area contributed by atoms with Crippen LogP contribution in [0.4, 0.5) is 0 Å². The van der Waals surface area contributed by atoms with Crippen LogP contribution in [-0.4, -0.2) is 17.6 Å². The van der Waals surface area contributed by atoms with Crippen molar-refractivity contribution in [2.24, 2.45) is 0 Å². The summed E-state index contributed by atoms with van der Waals surface area (Å²) in [5.74, 6) is -0.682. The Kier molecular flexibility index (Phi) is 5.20. The predicted octanol–water partition coefficient (Wildman–Crippen LogP) is 3.36. The molecular weight excluding hydrogens is 246 g/mol. The molecule has 0 fully saturated rings. The number of aryl methyl sites for hydroxylation is 1. The summed E-state index contributed by atoms with van der Waals surface area (Å²) in [6.45, 7) is 1.000. The molecule has 1 aromatic heterocycles. The molecule has 3 nitrogen and oxygen atoms in total. The highest BCUT2D eigenvalue weighted by molar-refractivity contribution is 7.10. The highest BCUT2D eigenvalue weighted by atomic mass is 32.1. The molecule has 1 aliphatic carbocycles. The Hall–Kier alpha value is -0.870. The van der Waals surface area contributed by atoms with E-state index in [1.54, 1.807) is 4.88 Å². The van der Waals surface area contributed by atoms with Gasteiger partial charge in [-0.25, -0.2) is 0 Å². The van der Waals surface area contributed by atoms with Crippen LogP contribution in [-0.2, 0) is 11.2 Å². The standard InChI is InChI=1S/C14H21NO2S/c16-14(17)7-2-1-3-9-15-12-5-4-6-13-11(12)8-10-18-13/h8,10,12,15H,1-7,9H2,(H,16,17). The van der Waals surface area contributed by atoms with Crippen LogP contribution in [0, 0.1) is 0 Å². The summed E-state index contributed by atoms with van der Waals surface area (Å²) < 4.78 is 0. The minimum Gasteiger partial charge on any atom is -0.481 e. The van der Waals surface area contributed by atoms with Gasteiger partial charge < -0.3 is 10.4 Å². The van der Waals surface area contributed by atoms with E-state index in [9.17, 15) is 4.79 Å². The molecule has 100 valence electrons. The summed E-state index contributed by atoms with van der Waals surface area (Å²) in [6.07, 6.45) is 6.93. The molecule has 18 heavy (non-hydrogen) atoms. The van der Waals surface area contributed by atoms with E-state index in [0.717, 1.165) is 25.8 Å². The maximum absolute atomic E-state index is 10.4. The molecule has 0 spiro atoms. The number of carboxylic acid groups (broad SMARTS) is 1. The highest BCUT2D eigenvalue weighted by Crippen LogP contribution is 2.33. The van der Waals surface area contributed by atoms with E-state index in [1.807, 2.05) is 11.3 Å². The van der Waals surface area contributed by atoms with Crippen molar-refractivity contribution in [2.75, 3.05) is 6.54 Å². The van der Waals surface area contributed by atoms with Crippen LogP contribution < -0.4 is 5.32 Å². The number of hydrogen-bond acceptors (Lipinski definition) is 3. The zero-order chi connectivity index (χ0) is 12.8. The first-order valence-electron chi connectivity index (χ1n) is 6.79. The third-order valence-corrected chi connectivity index (χ3v) is 4.51. The topological polar surface area (TPSA) is 49.3 Å². The molecule has 1 aliphatic rings. The minimum atomic E-state index is -0.682. The summed E-state index contributed by atoms with van der Waals surface area (Å²) in [6, 6.07) is 2.78. The number of rotatable bonds is 7. The van der Waals surface area contributed by atoms with Crippen LogP contribution in [0.25, 0.3) is 0 Å². The molecule has 1 aromatic rings. The lowest BCUT2D eigenvalue weighted by Gasteiger charge is -2.23. The SMILES string of the molecule is O=C(O)CCCCCNC1CCCc2sccc21. The van der Waals surface area contributed by atoms with Crippen molar-refractivity contribution >= 4 is 17.3 Å². The summed E-state index contributed by atoms with van der Waals surface area (Å²) in [7, 11) is 0. The molecular formula is C14H21NO2S. The maximum Gasteiger partial charge on any atom is 0.303 e. The van der Waals surface area contributed by atoms with Gasteiger partial charge in [0.05, 0.1) is 0 Å².